The van der Waals surface area contributed by atoms with E-state index in [2.05, 4.69) is 4.98 Å². The quantitative estimate of drug-likeness (QED) is 0.620. The summed E-state index contributed by atoms with van der Waals surface area (Å²) in [5, 5.41) is 0. The molecule has 0 saturated carbocycles. The molecular formula is C23H29N5O5. The number of nitrogens with zero attached hydrogens (tertiary/aromatic N) is 3. The Morgan fingerprint density at radius 3 is 2.64 bits per heavy atom. The molecule has 1 aromatic carbocycles. The normalized spacial score (nSPS) is 14.8. The first-order valence-corrected chi connectivity index (χ1v) is 10.8. The fraction of sp³-hybridized carbons (Fsp3) is 0.391. The lowest BCUT2D eigenvalue weighted by Gasteiger charge is -2.34. The predicted molar refractivity (Wildman–Crippen MR) is 126 cm³/mol. The monoisotopic (exact) mass is 455 g/mol. The van der Waals surface area contributed by atoms with Crippen LogP contribution in [0.25, 0.3) is 6.08 Å². The summed E-state index contributed by atoms with van der Waals surface area (Å²) >= 11 is 0. The maximum absolute atomic E-state index is 13.6. The number of aromatic nitrogens is 2. The number of ether oxygens (including phenoxy) is 1. The Balaban J connectivity index is 2.04. The highest BCUT2D eigenvalue weighted by atomic mass is 16.5. The summed E-state index contributed by atoms with van der Waals surface area (Å²) in [6.07, 6.45) is 4.01. The van der Waals surface area contributed by atoms with Crippen molar-refractivity contribution >= 4 is 29.4 Å². The van der Waals surface area contributed by atoms with Gasteiger partial charge in [0.25, 0.3) is 5.56 Å². The molecule has 0 bridgehead atoms. The van der Waals surface area contributed by atoms with E-state index in [1.54, 1.807) is 6.20 Å². The second-order valence-electron chi connectivity index (χ2n) is 7.77. The van der Waals surface area contributed by atoms with Gasteiger partial charge in [-0.3, -0.25) is 23.9 Å². The Hall–Kier alpha value is -3.66. The SMILES string of the molecule is CCCn1c(N)c(N(CCOC)C(=O)CC2c3ccccc3C=CN2C(C)=O)c(=O)[nH]c1=O. The van der Waals surface area contributed by atoms with Gasteiger partial charge >= 0.3 is 5.69 Å². The Morgan fingerprint density at radius 1 is 1.24 bits per heavy atom. The molecule has 3 N–H and O–H groups in total. The van der Waals surface area contributed by atoms with Crippen LogP contribution in [-0.4, -0.2) is 46.5 Å². The molecule has 2 amide bonds. The standard InChI is InChI=1S/C23H29N5O5/c1-4-10-28-21(24)20(22(31)25-23(28)32)27(12-13-33-3)19(30)14-18-17-8-6-5-7-16(17)9-11-26(18)15(2)29/h5-9,11,18H,4,10,12-14,24H2,1-3H3,(H,25,31,32). The molecule has 0 saturated heterocycles. The molecule has 33 heavy (non-hydrogen) atoms. The molecule has 0 spiro atoms. The number of carbonyl (C=O) groups is 2. The summed E-state index contributed by atoms with van der Waals surface area (Å²) in [4.78, 5) is 55.8. The van der Waals surface area contributed by atoms with Gasteiger partial charge in [-0.1, -0.05) is 31.2 Å². The summed E-state index contributed by atoms with van der Waals surface area (Å²) in [7, 11) is 1.48. The summed E-state index contributed by atoms with van der Waals surface area (Å²) in [6.45, 7) is 3.79. The number of hydrogen-bond acceptors (Lipinski definition) is 6. The van der Waals surface area contributed by atoms with E-state index in [9.17, 15) is 19.2 Å². The van der Waals surface area contributed by atoms with E-state index in [-0.39, 0.29) is 37.0 Å². The van der Waals surface area contributed by atoms with Crippen molar-refractivity contribution in [3.05, 3.63) is 62.4 Å². The predicted octanol–water partition coefficient (Wildman–Crippen LogP) is 1.47. The van der Waals surface area contributed by atoms with Crippen molar-refractivity contribution in [2.45, 2.75) is 39.3 Å². The van der Waals surface area contributed by atoms with Gasteiger partial charge in [0.15, 0.2) is 5.69 Å². The average molecular weight is 456 g/mol. The molecule has 2 aromatic rings. The summed E-state index contributed by atoms with van der Waals surface area (Å²) in [5.41, 5.74) is 6.46. The molecule has 10 nitrogen and oxygen atoms in total. The number of methoxy groups -OCH3 is 1. The molecule has 0 aliphatic carbocycles. The van der Waals surface area contributed by atoms with Gasteiger partial charge < -0.3 is 20.3 Å². The van der Waals surface area contributed by atoms with Crippen LogP contribution in [0.15, 0.2) is 40.1 Å². The number of anilines is 2. The molecule has 3 rings (SSSR count). The van der Waals surface area contributed by atoms with E-state index in [0.29, 0.717) is 13.0 Å². The number of rotatable bonds is 8. The highest BCUT2D eigenvalue weighted by Crippen LogP contribution is 2.34. The first-order valence-electron chi connectivity index (χ1n) is 10.8. The molecular weight excluding hydrogens is 426 g/mol. The van der Waals surface area contributed by atoms with Crippen LogP contribution in [0.4, 0.5) is 11.5 Å². The van der Waals surface area contributed by atoms with Crippen LogP contribution in [-0.2, 0) is 20.9 Å². The number of benzene rings is 1. The number of nitrogens with two attached hydrogens (primary N) is 1. The van der Waals surface area contributed by atoms with Crippen LogP contribution in [0.3, 0.4) is 0 Å². The minimum Gasteiger partial charge on any atom is -0.383 e. The average Bonchev–Trinajstić information content (AvgIpc) is 2.78. The van der Waals surface area contributed by atoms with Crippen LogP contribution in [0.5, 0.6) is 0 Å². The third-order valence-corrected chi connectivity index (χ3v) is 5.59. The molecule has 10 heteroatoms. The molecule has 176 valence electrons. The third kappa shape index (κ3) is 4.90. The zero-order valence-corrected chi connectivity index (χ0v) is 19.0. The van der Waals surface area contributed by atoms with Crippen LogP contribution >= 0.6 is 0 Å². The van der Waals surface area contributed by atoms with Crippen molar-refractivity contribution in [2.24, 2.45) is 0 Å². The van der Waals surface area contributed by atoms with Gasteiger partial charge in [0.1, 0.15) is 5.82 Å². The Morgan fingerprint density at radius 2 is 1.97 bits per heavy atom. The van der Waals surface area contributed by atoms with E-state index in [4.69, 9.17) is 10.5 Å². The number of nitrogen functional groups attached to an aromatic ring is 1. The molecule has 0 fully saturated rings. The summed E-state index contributed by atoms with van der Waals surface area (Å²) in [5.74, 6) is -0.717. The van der Waals surface area contributed by atoms with Gasteiger partial charge in [-0.2, -0.15) is 0 Å². The highest BCUT2D eigenvalue weighted by molar-refractivity contribution is 5.96. The van der Waals surface area contributed by atoms with Crippen molar-refractivity contribution in [3.63, 3.8) is 0 Å². The minimum atomic E-state index is -0.748. The molecule has 2 heterocycles. The fourth-order valence-electron chi connectivity index (χ4n) is 4.02. The van der Waals surface area contributed by atoms with E-state index in [1.807, 2.05) is 37.3 Å². The van der Waals surface area contributed by atoms with E-state index >= 15 is 0 Å². The minimum absolute atomic E-state index is 0.0528. The maximum Gasteiger partial charge on any atom is 0.330 e. The molecule has 1 aromatic heterocycles. The van der Waals surface area contributed by atoms with Crippen molar-refractivity contribution in [3.8, 4) is 0 Å². The number of fused-ring (bicyclic) bond motifs is 1. The summed E-state index contributed by atoms with van der Waals surface area (Å²) < 4.78 is 6.38. The molecule has 1 unspecified atom stereocenters. The number of aromatic amines is 1. The third-order valence-electron chi connectivity index (χ3n) is 5.59. The van der Waals surface area contributed by atoms with Gasteiger partial charge in [-0.15, -0.1) is 0 Å². The van der Waals surface area contributed by atoms with Crippen molar-refractivity contribution in [2.75, 3.05) is 30.9 Å². The van der Waals surface area contributed by atoms with Gasteiger partial charge in [0.2, 0.25) is 11.8 Å². The van der Waals surface area contributed by atoms with Crippen LogP contribution < -0.4 is 21.9 Å². The first-order chi connectivity index (χ1) is 15.8. The summed E-state index contributed by atoms with van der Waals surface area (Å²) in [6, 6.07) is 6.96. The lowest BCUT2D eigenvalue weighted by atomic mass is 9.93. The van der Waals surface area contributed by atoms with Gasteiger partial charge in [0, 0.05) is 33.3 Å². The smallest absolute Gasteiger partial charge is 0.330 e. The number of hydrogen-bond donors (Lipinski definition) is 2. The van der Waals surface area contributed by atoms with Gasteiger partial charge in [-0.25, -0.2) is 4.79 Å². The molecule has 1 atom stereocenters. The van der Waals surface area contributed by atoms with Crippen molar-refractivity contribution in [1.82, 2.24) is 14.5 Å². The van der Waals surface area contributed by atoms with E-state index in [0.717, 1.165) is 11.1 Å². The van der Waals surface area contributed by atoms with Crippen LogP contribution in [0, 0.1) is 0 Å². The highest BCUT2D eigenvalue weighted by Gasteiger charge is 2.32. The molecule has 1 aliphatic heterocycles. The van der Waals surface area contributed by atoms with Crippen molar-refractivity contribution in [1.29, 1.82) is 0 Å². The van der Waals surface area contributed by atoms with E-state index in [1.165, 1.54) is 28.4 Å². The van der Waals surface area contributed by atoms with Gasteiger partial charge in [0.05, 0.1) is 19.1 Å². The second kappa shape index (κ2) is 10.3. The van der Waals surface area contributed by atoms with E-state index < -0.39 is 23.2 Å². The first kappa shape index (κ1) is 24.0. The zero-order valence-electron chi connectivity index (χ0n) is 19.0. The second-order valence-corrected chi connectivity index (χ2v) is 7.77. The number of carbonyl (C=O) groups excluding carboxylic acids is 2. The number of amides is 2. The zero-order chi connectivity index (χ0) is 24.1. The van der Waals surface area contributed by atoms with Crippen molar-refractivity contribution < 1.29 is 14.3 Å². The Labute approximate surface area is 191 Å². The number of nitrogens with one attached hydrogen (secondary N) is 1. The van der Waals surface area contributed by atoms with Crippen LogP contribution in [0.1, 0.15) is 43.9 Å². The largest absolute Gasteiger partial charge is 0.383 e. The Bertz CT molecular complexity index is 1180. The molecule has 1 aliphatic rings. The lowest BCUT2D eigenvalue weighted by molar-refractivity contribution is -0.129. The lowest BCUT2D eigenvalue weighted by Crippen LogP contribution is -2.44. The maximum atomic E-state index is 13.6. The fourth-order valence-corrected chi connectivity index (χ4v) is 4.02. The topological polar surface area (TPSA) is 131 Å². The number of H-pyrrole nitrogens is 1. The molecule has 0 radical (unpaired) electrons. The Kier molecular flexibility index (Phi) is 7.49. The van der Waals surface area contributed by atoms with Crippen LogP contribution in [0.2, 0.25) is 0 Å². The van der Waals surface area contributed by atoms with Gasteiger partial charge in [-0.05, 0) is 23.6 Å².